The number of hydrogen-bond acceptors (Lipinski definition) is 0. The zero-order valence-electron chi connectivity index (χ0n) is 9.54. The SMILES string of the molecule is CC.CCc1cn(C)c2ccccc12. The molecule has 0 N–H and O–H groups in total. The Hall–Kier alpha value is -1.24. The molecule has 0 saturated carbocycles. The van der Waals surface area contributed by atoms with Crippen LogP contribution in [0.1, 0.15) is 26.3 Å². The molecule has 2 aromatic rings. The highest BCUT2D eigenvalue weighted by atomic mass is 14.9. The van der Waals surface area contributed by atoms with Crippen molar-refractivity contribution in [1.29, 1.82) is 0 Å². The Bertz CT molecular complexity index is 399. The summed E-state index contributed by atoms with van der Waals surface area (Å²) in [6.07, 6.45) is 3.33. The van der Waals surface area contributed by atoms with Crippen LogP contribution in [-0.2, 0) is 13.5 Å². The van der Waals surface area contributed by atoms with Crippen molar-refractivity contribution in [2.24, 2.45) is 7.05 Å². The Morgan fingerprint density at radius 2 is 1.79 bits per heavy atom. The maximum atomic E-state index is 2.21. The molecule has 1 heteroatoms. The van der Waals surface area contributed by atoms with Crippen LogP contribution in [0.3, 0.4) is 0 Å². The zero-order chi connectivity index (χ0) is 10.6. The minimum atomic E-state index is 1.11. The van der Waals surface area contributed by atoms with Gasteiger partial charge in [0, 0.05) is 24.1 Å². The van der Waals surface area contributed by atoms with Crippen LogP contribution < -0.4 is 0 Å². The van der Waals surface area contributed by atoms with Gasteiger partial charge >= 0.3 is 0 Å². The van der Waals surface area contributed by atoms with E-state index in [2.05, 4.69) is 49.0 Å². The molecule has 0 spiro atoms. The van der Waals surface area contributed by atoms with E-state index >= 15 is 0 Å². The van der Waals surface area contributed by atoms with Crippen LogP contribution in [0.4, 0.5) is 0 Å². The fourth-order valence-electron chi connectivity index (χ4n) is 1.71. The molecule has 0 amide bonds. The fraction of sp³-hybridized carbons (Fsp3) is 0.385. The van der Waals surface area contributed by atoms with E-state index in [9.17, 15) is 0 Å². The highest BCUT2D eigenvalue weighted by Crippen LogP contribution is 2.19. The first-order chi connectivity index (χ1) is 6.83. The normalized spacial score (nSPS) is 9.71. The topological polar surface area (TPSA) is 4.93 Å². The summed E-state index contributed by atoms with van der Waals surface area (Å²) in [6.45, 7) is 6.20. The van der Waals surface area contributed by atoms with Crippen molar-refractivity contribution in [2.75, 3.05) is 0 Å². The van der Waals surface area contributed by atoms with Crippen molar-refractivity contribution in [1.82, 2.24) is 4.57 Å². The number of aromatic nitrogens is 1. The summed E-state index contributed by atoms with van der Waals surface area (Å²) in [5.41, 5.74) is 2.77. The Balaban J connectivity index is 0.000000461. The number of aryl methyl sites for hydroxylation is 2. The summed E-state index contributed by atoms with van der Waals surface area (Å²) in [4.78, 5) is 0. The lowest BCUT2D eigenvalue weighted by Gasteiger charge is -1.93. The van der Waals surface area contributed by atoms with Crippen LogP contribution in [0.15, 0.2) is 30.5 Å². The summed E-state index contributed by atoms with van der Waals surface area (Å²) in [7, 11) is 2.10. The number of fused-ring (bicyclic) bond motifs is 1. The van der Waals surface area contributed by atoms with E-state index in [0.717, 1.165) is 6.42 Å². The fourth-order valence-corrected chi connectivity index (χ4v) is 1.71. The van der Waals surface area contributed by atoms with Crippen molar-refractivity contribution >= 4 is 10.9 Å². The maximum absolute atomic E-state index is 2.21. The third-order valence-corrected chi connectivity index (χ3v) is 2.36. The molecule has 0 aliphatic carbocycles. The van der Waals surface area contributed by atoms with Crippen molar-refractivity contribution in [2.45, 2.75) is 27.2 Å². The molecular formula is C13H19N. The van der Waals surface area contributed by atoms with Gasteiger partial charge in [0.2, 0.25) is 0 Å². The van der Waals surface area contributed by atoms with E-state index in [1.165, 1.54) is 16.5 Å². The standard InChI is InChI=1S/C11H13N.C2H6/c1-3-9-8-12(2)11-7-5-4-6-10(9)11;1-2/h4-8H,3H2,1-2H3;1-2H3. The molecule has 0 aliphatic rings. The lowest BCUT2D eigenvalue weighted by atomic mass is 10.1. The second kappa shape index (κ2) is 4.85. The van der Waals surface area contributed by atoms with Gasteiger partial charge in [-0.25, -0.2) is 0 Å². The average molecular weight is 189 g/mol. The molecule has 0 fully saturated rings. The molecule has 14 heavy (non-hydrogen) atoms. The van der Waals surface area contributed by atoms with Gasteiger partial charge in [-0.1, -0.05) is 39.0 Å². The van der Waals surface area contributed by atoms with Crippen molar-refractivity contribution in [3.8, 4) is 0 Å². The molecular weight excluding hydrogens is 170 g/mol. The second-order valence-electron chi connectivity index (χ2n) is 3.14. The Morgan fingerprint density at radius 1 is 1.14 bits per heavy atom. The van der Waals surface area contributed by atoms with E-state index < -0.39 is 0 Å². The number of nitrogens with zero attached hydrogens (tertiary/aromatic N) is 1. The molecule has 2 rings (SSSR count). The highest BCUT2D eigenvalue weighted by Gasteiger charge is 2.01. The molecule has 0 radical (unpaired) electrons. The van der Waals surface area contributed by atoms with E-state index in [0.29, 0.717) is 0 Å². The number of para-hydroxylation sites is 1. The van der Waals surface area contributed by atoms with Crippen molar-refractivity contribution < 1.29 is 0 Å². The van der Waals surface area contributed by atoms with Gasteiger partial charge in [0.05, 0.1) is 0 Å². The lowest BCUT2D eigenvalue weighted by Crippen LogP contribution is -1.81. The number of hydrogen-bond donors (Lipinski definition) is 0. The van der Waals surface area contributed by atoms with E-state index in [-0.39, 0.29) is 0 Å². The average Bonchev–Trinajstić information content (AvgIpc) is 2.59. The van der Waals surface area contributed by atoms with Crippen molar-refractivity contribution in [3.63, 3.8) is 0 Å². The summed E-state index contributed by atoms with van der Waals surface area (Å²) in [5, 5.41) is 1.39. The number of benzene rings is 1. The molecule has 1 heterocycles. The van der Waals surface area contributed by atoms with Gasteiger partial charge in [-0.2, -0.15) is 0 Å². The molecule has 1 nitrogen and oxygen atoms in total. The predicted octanol–water partition coefficient (Wildman–Crippen LogP) is 3.77. The Morgan fingerprint density at radius 3 is 2.43 bits per heavy atom. The van der Waals surface area contributed by atoms with Gasteiger partial charge in [0.15, 0.2) is 0 Å². The van der Waals surface area contributed by atoms with Gasteiger partial charge in [-0.15, -0.1) is 0 Å². The summed E-state index contributed by atoms with van der Waals surface area (Å²) < 4.78 is 2.19. The monoisotopic (exact) mass is 189 g/mol. The zero-order valence-corrected chi connectivity index (χ0v) is 9.54. The first kappa shape index (κ1) is 10.8. The summed E-state index contributed by atoms with van der Waals surface area (Å²) in [5.74, 6) is 0. The van der Waals surface area contributed by atoms with Crippen LogP contribution in [0, 0.1) is 0 Å². The van der Waals surface area contributed by atoms with Gasteiger partial charge in [-0.3, -0.25) is 0 Å². The molecule has 0 bridgehead atoms. The molecule has 76 valence electrons. The Labute approximate surface area is 86.4 Å². The summed E-state index contributed by atoms with van der Waals surface area (Å²) in [6, 6.07) is 8.53. The van der Waals surface area contributed by atoms with Crippen LogP contribution in [0.5, 0.6) is 0 Å². The molecule has 1 aromatic carbocycles. The van der Waals surface area contributed by atoms with Crippen LogP contribution >= 0.6 is 0 Å². The smallest absolute Gasteiger partial charge is 0.0480 e. The van der Waals surface area contributed by atoms with Crippen molar-refractivity contribution in [3.05, 3.63) is 36.0 Å². The minimum Gasteiger partial charge on any atom is -0.350 e. The maximum Gasteiger partial charge on any atom is 0.0480 e. The third-order valence-electron chi connectivity index (χ3n) is 2.36. The van der Waals surface area contributed by atoms with E-state index in [1.807, 2.05) is 13.8 Å². The lowest BCUT2D eigenvalue weighted by molar-refractivity contribution is 0.954. The van der Waals surface area contributed by atoms with Gasteiger partial charge < -0.3 is 4.57 Å². The quantitative estimate of drug-likeness (QED) is 0.643. The first-order valence-electron chi connectivity index (χ1n) is 5.36. The molecule has 0 unspecified atom stereocenters. The third kappa shape index (κ3) is 1.82. The van der Waals surface area contributed by atoms with E-state index in [4.69, 9.17) is 0 Å². The Kier molecular flexibility index (Phi) is 3.75. The molecule has 0 atom stereocenters. The van der Waals surface area contributed by atoms with Gasteiger partial charge in [-0.05, 0) is 18.1 Å². The first-order valence-corrected chi connectivity index (χ1v) is 5.36. The van der Waals surface area contributed by atoms with Gasteiger partial charge in [0.1, 0.15) is 0 Å². The molecule has 0 aliphatic heterocycles. The van der Waals surface area contributed by atoms with Gasteiger partial charge in [0.25, 0.3) is 0 Å². The van der Waals surface area contributed by atoms with Crippen LogP contribution in [0.25, 0.3) is 10.9 Å². The summed E-state index contributed by atoms with van der Waals surface area (Å²) >= 11 is 0. The highest BCUT2D eigenvalue weighted by molar-refractivity contribution is 5.83. The second-order valence-corrected chi connectivity index (χ2v) is 3.14. The number of rotatable bonds is 1. The molecule has 0 saturated heterocycles. The van der Waals surface area contributed by atoms with Crippen LogP contribution in [-0.4, -0.2) is 4.57 Å². The van der Waals surface area contributed by atoms with E-state index in [1.54, 1.807) is 0 Å². The molecule has 1 aromatic heterocycles. The minimum absolute atomic E-state index is 1.11. The predicted molar refractivity (Wildman–Crippen MR) is 63.6 cm³/mol. The van der Waals surface area contributed by atoms with Crippen LogP contribution in [0.2, 0.25) is 0 Å². The largest absolute Gasteiger partial charge is 0.350 e.